The number of hydrogen-bond acceptors (Lipinski definition) is 2. The van der Waals surface area contributed by atoms with Crippen molar-refractivity contribution in [2.45, 2.75) is 33.7 Å². The largest absolute Gasteiger partial charge is 0.325 e. The van der Waals surface area contributed by atoms with E-state index in [4.69, 9.17) is 0 Å². The highest BCUT2D eigenvalue weighted by atomic mass is 16.2. The van der Waals surface area contributed by atoms with E-state index in [0.29, 0.717) is 18.7 Å². The molecule has 4 nitrogen and oxygen atoms in total. The van der Waals surface area contributed by atoms with Crippen molar-refractivity contribution in [2.75, 3.05) is 18.0 Å². The molecule has 1 atom stereocenters. The molecule has 2 amide bonds. The number of carbonyl (C=O) groups is 2. The number of piperazine rings is 1. The number of nitrogens with zero attached hydrogens (tertiary/aromatic N) is 2. The first kappa shape index (κ1) is 17.2. The van der Waals surface area contributed by atoms with Gasteiger partial charge in [0.25, 0.3) is 5.91 Å². The van der Waals surface area contributed by atoms with Crippen LogP contribution in [0.2, 0.25) is 0 Å². The van der Waals surface area contributed by atoms with Crippen molar-refractivity contribution in [1.29, 1.82) is 0 Å². The highest BCUT2D eigenvalue weighted by Gasteiger charge is 2.35. The lowest BCUT2D eigenvalue weighted by Gasteiger charge is -2.39. The van der Waals surface area contributed by atoms with Crippen LogP contribution in [0, 0.1) is 20.8 Å². The molecular weight excluding hydrogens is 312 g/mol. The molecule has 0 saturated carbocycles. The summed E-state index contributed by atoms with van der Waals surface area (Å²) in [5, 5.41) is 0. The SMILES string of the molecule is Cc1cc(C)cc(N2CCN(C(=O)c3ccccc3C)C(C)C2=O)c1. The number of amides is 2. The molecule has 0 bridgehead atoms. The summed E-state index contributed by atoms with van der Waals surface area (Å²) in [5.74, 6) is -0.0998. The maximum Gasteiger partial charge on any atom is 0.254 e. The Morgan fingerprint density at radius 3 is 2.28 bits per heavy atom. The van der Waals surface area contributed by atoms with Gasteiger partial charge in [-0.3, -0.25) is 9.59 Å². The summed E-state index contributed by atoms with van der Waals surface area (Å²) < 4.78 is 0. The Labute approximate surface area is 149 Å². The first-order valence-electron chi connectivity index (χ1n) is 8.65. The zero-order valence-electron chi connectivity index (χ0n) is 15.2. The molecule has 1 aliphatic heterocycles. The van der Waals surface area contributed by atoms with Crippen molar-refractivity contribution in [2.24, 2.45) is 0 Å². The minimum atomic E-state index is -0.471. The van der Waals surface area contributed by atoms with E-state index < -0.39 is 6.04 Å². The Balaban J connectivity index is 1.84. The molecule has 2 aromatic rings. The van der Waals surface area contributed by atoms with Gasteiger partial charge in [-0.1, -0.05) is 24.3 Å². The normalized spacial score (nSPS) is 17.8. The molecular formula is C21H24N2O2. The van der Waals surface area contributed by atoms with Gasteiger partial charge in [0, 0.05) is 24.3 Å². The Kier molecular flexibility index (Phi) is 4.62. The van der Waals surface area contributed by atoms with Crippen molar-refractivity contribution < 1.29 is 9.59 Å². The topological polar surface area (TPSA) is 40.6 Å². The number of aryl methyl sites for hydroxylation is 3. The van der Waals surface area contributed by atoms with Gasteiger partial charge in [-0.2, -0.15) is 0 Å². The van der Waals surface area contributed by atoms with Crippen molar-refractivity contribution >= 4 is 17.5 Å². The average molecular weight is 336 g/mol. The highest BCUT2D eigenvalue weighted by Crippen LogP contribution is 2.24. The summed E-state index contributed by atoms with van der Waals surface area (Å²) in [6.45, 7) is 8.85. The maximum absolute atomic E-state index is 12.9. The predicted octanol–water partition coefficient (Wildman–Crippen LogP) is 3.49. The van der Waals surface area contributed by atoms with Crippen LogP contribution in [-0.4, -0.2) is 35.8 Å². The first-order chi connectivity index (χ1) is 11.9. The summed E-state index contributed by atoms with van der Waals surface area (Å²) in [4.78, 5) is 29.3. The number of carbonyl (C=O) groups excluding carboxylic acids is 2. The summed E-state index contributed by atoms with van der Waals surface area (Å²) in [6.07, 6.45) is 0. The van der Waals surface area contributed by atoms with Crippen LogP contribution in [0.1, 0.15) is 34.0 Å². The van der Waals surface area contributed by atoms with Crippen LogP contribution >= 0.6 is 0 Å². The van der Waals surface area contributed by atoms with Crippen molar-refractivity contribution in [3.8, 4) is 0 Å². The molecule has 25 heavy (non-hydrogen) atoms. The fraction of sp³-hybridized carbons (Fsp3) is 0.333. The standard InChI is InChI=1S/C21H24N2O2/c1-14-11-15(2)13-18(12-14)23-10-9-22(17(4)20(23)24)21(25)19-8-6-5-7-16(19)3/h5-8,11-13,17H,9-10H2,1-4H3. The molecule has 0 aromatic heterocycles. The van der Waals surface area contributed by atoms with Gasteiger partial charge in [0.2, 0.25) is 5.91 Å². The highest BCUT2D eigenvalue weighted by molar-refractivity contribution is 6.04. The Morgan fingerprint density at radius 2 is 1.64 bits per heavy atom. The van der Waals surface area contributed by atoms with Gasteiger partial charge in [-0.05, 0) is 62.6 Å². The third-order valence-corrected chi connectivity index (χ3v) is 4.81. The molecule has 3 rings (SSSR count). The minimum absolute atomic E-state index is 0.0295. The quantitative estimate of drug-likeness (QED) is 0.842. The number of benzene rings is 2. The molecule has 1 saturated heterocycles. The van der Waals surface area contributed by atoms with Gasteiger partial charge in [-0.25, -0.2) is 0 Å². The van der Waals surface area contributed by atoms with Crippen LogP contribution in [0.25, 0.3) is 0 Å². The fourth-order valence-electron chi connectivity index (χ4n) is 3.48. The molecule has 130 valence electrons. The van der Waals surface area contributed by atoms with Gasteiger partial charge < -0.3 is 9.80 Å². The minimum Gasteiger partial charge on any atom is -0.325 e. The number of hydrogen-bond donors (Lipinski definition) is 0. The van der Waals surface area contributed by atoms with Crippen molar-refractivity contribution in [1.82, 2.24) is 4.90 Å². The van der Waals surface area contributed by atoms with Crippen LogP contribution in [-0.2, 0) is 4.79 Å². The summed E-state index contributed by atoms with van der Waals surface area (Å²) in [6, 6.07) is 13.2. The van der Waals surface area contributed by atoms with Gasteiger partial charge >= 0.3 is 0 Å². The molecule has 0 aliphatic carbocycles. The Morgan fingerprint density at radius 1 is 1.00 bits per heavy atom. The maximum atomic E-state index is 12.9. The van der Waals surface area contributed by atoms with Crippen molar-refractivity contribution in [3.63, 3.8) is 0 Å². The average Bonchev–Trinajstić information content (AvgIpc) is 2.56. The lowest BCUT2D eigenvalue weighted by molar-refractivity contribution is -0.124. The van der Waals surface area contributed by atoms with Crippen molar-refractivity contribution in [3.05, 3.63) is 64.7 Å². The van der Waals surface area contributed by atoms with Crippen LogP contribution in [0.3, 0.4) is 0 Å². The summed E-state index contributed by atoms with van der Waals surface area (Å²) >= 11 is 0. The van der Waals surface area contributed by atoms with Gasteiger partial charge in [0.1, 0.15) is 6.04 Å². The number of anilines is 1. The molecule has 2 aromatic carbocycles. The fourth-order valence-corrected chi connectivity index (χ4v) is 3.48. The van der Waals surface area contributed by atoms with E-state index in [2.05, 4.69) is 6.07 Å². The van der Waals surface area contributed by atoms with Crippen LogP contribution in [0.5, 0.6) is 0 Å². The van der Waals surface area contributed by atoms with Gasteiger partial charge in [-0.15, -0.1) is 0 Å². The van der Waals surface area contributed by atoms with E-state index in [1.807, 2.05) is 64.1 Å². The Hall–Kier alpha value is -2.62. The summed E-state index contributed by atoms with van der Waals surface area (Å²) in [5.41, 5.74) is 4.78. The second-order valence-electron chi connectivity index (χ2n) is 6.83. The molecule has 1 aliphatic rings. The zero-order valence-corrected chi connectivity index (χ0v) is 15.2. The first-order valence-corrected chi connectivity index (χ1v) is 8.65. The predicted molar refractivity (Wildman–Crippen MR) is 99.9 cm³/mol. The molecule has 1 fully saturated rings. The van der Waals surface area contributed by atoms with E-state index in [9.17, 15) is 9.59 Å². The van der Waals surface area contributed by atoms with Crippen LogP contribution in [0.15, 0.2) is 42.5 Å². The van der Waals surface area contributed by atoms with E-state index in [-0.39, 0.29) is 11.8 Å². The lowest BCUT2D eigenvalue weighted by atomic mass is 10.0. The molecule has 0 N–H and O–H groups in total. The second kappa shape index (κ2) is 6.71. The van der Waals surface area contributed by atoms with Gasteiger partial charge in [0.05, 0.1) is 0 Å². The molecule has 4 heteroatoms. The lowest BCUT2D eigenvalue weighted by Crippen LogP contribution is -2.57. The van der Waals surface area contributed by atoms with Crippen LogP contribution < -0.4 is 4.90 Å². The zero-order chi connectivity index (χ0) is 18.1. The summed E-state index contributed by atoms with van der Waals surface area (Å²) in [7, 11) is 0. The molecule has 0 spiro atoms. The molecule has 1 unspecified atom stereocenters. The van der Waals surface area contributed by atoms with E-state index in [1.165, 1.54) is 0 Å². The van der Waals surface area contributed by atoms with E-state index >= 15 is 0 Å². The van der Waals surface area contributed by atoms with E-state index in [1.54, 1.807) is 9.80 Å². The molecule has 1 heterocycles. The smallest absolute Gasteiger partial charge is 0.254 e. The number of rotatable bonds is 2. The third kappa shape index (κ3) is 3.29. The Bertz CT molecular complexity index is 808. The third-order valence-electron chi connectivity index (χ3n) is 4.81. The van der Waals surface area contributed by atoms with Crippen LogP contribution in [0.4, 0.5) is 5.69 Å². The monoisotopic (exact) mass is 336 g/mol. The van der Waals surface area contributed by atoms with Gasteiger partial charge in [0.15, 0.2) is 0 Å². The molecule has 0 radical (unpaired) electrons. The van der Waals surface area contributed by atoms with E-state index in [0.717, 1.165) is 22.4 Å². The second-order valence-corrected chi connectivity index (χ2v) is 6.83.